The fraction of sp³-hybridized carbons (Fsp3) is 0.333. The fourth-order valence-corrected chi connectivity index (χ4v) is 1.70. The average Bonchev–Trinajstić information content (AvgIpc) is 2.31. The molecule has 0 atom stereocenters. The summed E-state index contributed by atoms with van der Waals surface area (Å²) < 4.78 is 10.6. The van der Waals surface area contributed by atoms with Crippen LogP contribution in [0.5, 0.6) is 5.75 Å². The lowest BCUT2D eigenvalue weighted by atomic mass is 10.1. The van der Waals surface area contributed by atoms with Crippen molar-refractivity contribution >= 4 is 40.3 Å². The number of rotatable bonds is 4. The first kappa shape index (κ1) is 17.7. The second-order valence-electron chi connectivity index (χ2n) is 3.40. The summed E-state index contributed by atoms with van der Waals surface area (Å²) in [5, 5.41) is 2.13. The van der Waals surface area contributed by atoms with Crippen molar-refractivity contribution < 1.29 is 19.1 Å². The molecule has 0 bridgehead atoms. The van der Waals surface area contributed by atoms with Crippen LogP contribution in [0, 0.1) is 0 Å². The van der Waals surface area contributed by atoms with Gasteiger partial charge in [0.2, 0.25) is 5.91 Å². The highest BCUT2D eigenvalue weighted by Crippen LogP contribution is 2.23. The van der Waals surface area contributed by atoms with Crippen LogP contribution in [-0.4, -0.2) is 25.7 Å². The molecule has 1 rings (SSSR count). The Hall–Kier alpha value is -1.27. The van der Waals surface area contributed by atoms with E-state index in [0.29, 0.717) is 11.3 Å². The highest BCUT2D eigenvalue weighted by atomic mass is 79.9. The Morgan fingerprint density at radius 2 is 2.05 bits per heavy atom. The number of imide groups is 1. The summed E-state index contributed by atoms with van der Waals surface area (Å²) in [5.74, 6) is 0.150. The molecule has 1 aromatic rings. The molecule has 106 valence electrons. The van der Waals surface area contributed by atoms with Gasteiger partial charge in [-0.1, -0.05) is 22.0 Å². The zero-order valence-corrected chi connectivity index (χ0v) is 13.0. The number of alkyl carbamates (subject to hydrolysis) is 1. The van der Waals surface area contributed by atoms with Crippen LogP contribution < -0.4 is 10.1 Å². The number of benzene rings is 1. The third kappa shape index (κ3) is 5.94. The van der Waals surface area contributed by atoms with E-state index in [9.17, 15) is 9.59 Å². The Morgan fingerprint density at radius 1 is 1.37 bits per heavy atom. The van der Waals surface area contributed by atoms with Gasteiger partial charge in [0.1, 0.15) is 5.75 Å². The van der Waals surface area contributed by atoms with Crippen molar-refractivity contribution in [1.82, 2.24) is 5.32 Å². The summed E-state index contributed by atoms with van der Waals surface area (Å²) in [4.78, 5) is 22.6. The van der Waals surface area contributed by atoms with Crippen LogP contribution in [0.3, 0.4) is 0 Å². The molecule has 0 spiro atoms. The highest BCUT2D eigenvalue weighted by molar-refractivity contribution is 9.10. The first-order chi connectivity index (χ1) is 8.56. The molecule has 1 N–H and O–H groups in total. The van der Waals surface area contributed by atoms with Crippen molar-refractivity contribution in [1.29, 1.82) is 0 Å². The van der Waals surface area contributed by atoms with Crippen LogP contribution in [0.2, 0.25) is 0 Å². The SMILES string of the molecule is CCOC(=O)NC(=O)Cc1ccc(Br)cc1OC.Cl. The van der Waals surface area contributed by atoms with E-state index in [1.165, 1.54) is 7.11 Å². The lowest BCUT2D eigenvalue weighted by Crippen LogP contribution is -2.32. The molecule has 0 saturated heterocycles. The number of halogens is 2. The molecule has 0 aliphatic rings. The molecule has 0 heterocycles. The first-order valence-corrected chi connectivity index (χ1v) is 6.15. The van der Waals surface area contributed by atoms with E-state index in [1.807, 2.05) is 0 Å². The van der Waals surface area contributed by atoms with Crippen LogP contribution in [0.1, 0.15) is 12.5 Å². The Balaban J connectivity index is 0.00000324. The van der Waals surface area contributed by atoms with E-state index in [0.717, 1.165) is 4.47 Å². The Labute approximate surface area is 126 Å². The zero-order valence-electron chi connectivity index (χ0n) is 10.6. The van der Waals surface area contributed by atoms with Crippen molar-refractivity contribution in [2.75, 3.05) is 13.7 Å². The van der Waals surface area contributed by atoms with Gasteiger partial charge in [-0.3, -0.25) is 10.1 Å². The van der Waals surface area contributed by atoms with Gasteiger partial charge < -0.3 is 9.47 Å². The number of ether oxygens (including phenoxy) is 2. The Morgan fingerprint density at radius 3 is 2.63 bits per heavy atom. The maximum absolute atomic E-state index is 11.6. The number of hydrogen-bond donors (Lipinski definition) is 1. The minimum Gasteiger partial charge on any atom is -0.496 e. The molecule has 2 amide bonds. The molecule has 19 heavy (non-hydrogen) atoms. The third-order valence-electron chi connectivity index (χ3n) is 2.12. The fourth-order valence-electron chi connectivity index (χ4n) is 1.36. The largest absolute Gasteiger partial charge is 0.496 e. The molecule has 0 unspecified atom stereocenters. The van der Waals surface area contributed by atoms with Gasteiger partial charge in [0, 0.05) is 10.0 Å². The molecule has 0 aliphatic heterocycles. The van der Waals surface area contributed by atoms with E-state index in [2.05, 4.69) is 26.0 Å². The van der Waals surface area contributed by atoms with Gasteiger partial charge in [-0.15, -0.1) is 12.4 Å². The smallest absolute Gasteiger partial charge is 0.413 e. The Bertz CT molecular complexity index is 453. The van der Waals surface area contributed by atoms with Crippen LogP contribution >= 0.6 is 28.3 Å². The number of nitrogens with one attached hydrogen (secondary N) is 1. The lowest BCUT2D eigenvalue weighted by molar-refractivity contribution is -0.119. The molecule has 1 aromatic carbocycles. The highest BCUT2D eigenvalue weighted by Gasteiger charge is 2.12. The zero-order chi connectivity index (χ0) is 13.5. The number of hydrogen-bond acceptors (Lipinski definition) is 4. The summed E-state index contributed by atoms with van der Waals surface area (Å²) in [7, 11) is 1.52. The summed E-state index contributed by atoms with van der Waals surface area (Å²) in [6, 6.07) is 5.32. The maximum atomic E-state index is 11.6. The third-order valence-corrected chi connectivity index (χ3v) is 2.61. The standard InChI is InChI=1S/C12H14BrNO4.ClH/c1-3-18-12(16)14-11(15)6-8-4-5-9(13)7-10(8)17-2;/h4-5,7H,3,6H2,1-2H3,(H,14,15,16);1H. The maximum Gasteiger partial charge on any atom is 0.413 e. The van der Waals surface area contributed by atoms with Crippen molar-refractivity contribution in [3.63, 3.8) is 0 Å². The summed E-state index contributed by atoms with van der Waals surface area (Å²) in [6.45, 7) is 1.89. The van der Waals surface area contributed by atoms with E-state index in [4.69, 9.17) is 4.74 Å². The molecule has 0 saturated carbocycles. The normalized spacial score (nSPS) is 9.21. The second kappa shape index (κ2) is 8.77. The van der Waals surface area contributed by atoms with Gasteiger partial charge in [0.05, 0.1) is 20.1 Å². The first-order valence-electron chi connectivity index (χ1n) is 5.35. The number of amides is 2. The predicted octanol–water partition coefficient (Wildman–Crippen LogP) is 2.69. The minimum atomic E-state index is -0.737. The molecule has 0 aromatic heterocycles. The van der Waals surface area contributed by atoms with E-state index < -0.39 is 12.0 Å². The predicted molar refractivity (Wildman–Crippen MR) is 76.8 cm³/mol. The van der Waals surface area contributed by atoms with E-state index in [-0.39, 0.29) is 25.4 Å². The molecule has 7 heteroatoms. The molecular weight excluding hydrogens is 337 g/mol. The second-order valence-corrected chi connectivity index (χ2v) is 4.32. The van der Waals surface area contributed by atoms with Gasteiger partial charge in [0.25, 0.3) is 0 Å². The number of carbonyl (C=O) groups excluding carboxylic acids is 2. The molecular formula is C12H15BrClNO4. The van der Waals surface area contributed by atoms with E-state index in [1.54, 1.807) is 25.1 Å². The summed E-state index contributed by atoms with van der Waals surface area (Å²) in [6.07, 6.45) is -0.687. The monoisotopic (exact) mass is 351 g/mol. The van der Waals surface area contributed by atoms with Crippen molar-refractivity contribution in [3.05, 3.63) is 28.2 Å². The molecule has 0 fully saturated rings. The van der Waals surface area contributed by atoms with Gasteiger partial charge in [-0.05, 0) is 19.1 Å². The van der Waals surface area contributed by atoms with Crippen LogP contribution in [-0.2, 0) is 16.0 Å². The summed E-state index contributed by atoms with van der Waals surface area (Å²) in [5.41, 5.74) is 0.697. The number of carbonyl (C=O) groups is 2. The summed E-state index contributed by atoms with van der Waals surface area (Å²) >= 11 is 3.31. The van der Waals surface area contributed by atoms with Crippen molar-refractivity contribution in [2.45, 2.75) is 13.3 Å². The molecule has 5 nitrogen and oxygen atoms in total. The van der Waals surface area contributed by atoms with Gasteiger partial charge in [-0.25, -0.2) is 4.79 Å². The van der Waals surface area contributed by atoms with E-state index >= 15 is 0 Å². The molecule has 0 aliphatic carbocycles. The average molecular weight is 353 g/mol. The molecule has 0 radical (unpaired) electrons. The Kier molecular flexibility index (Phi) is 8.18. The topological polar surface area (TPSA) is 64.6 Å². The van der Waals surface area contributed by atoms with Crippen LogP contribution in [0.4, 0.5) is 4.79 Å². The van der Waals surface area contributed by atoms with Crippen molar-refractivity contribution in [3.8, 4) is 5.75 Å². The van der Waals surface area contributed by atoms with Gasteiger partial charge in [-0.2, -0.15) is 0 Å². The van der Waals surface area contributed by atoms with Crippen molar-refractivity contribution in [2.24, 2.45) is 0 Å². The van der Waals surface area contributed by atoms with Crippen LogP contribution in [0.15, 0.2) is 22.7 Å². The number of methoxy groups -OCH3 is 1. The van der Waals surface area contributed by atoms with Gasteiger partial charge >= 0.3 is 6.09 Å². The lowest BCUT2D eigenvalue weighted by Gasteiger charge is -2.09. The van der Waals surface area contributed by atoms with Crippen LogP contribution in [0.25, 0.3) is 0 Å². The minimum absolute atomic E-state index is 0. The quantitative estimate of drug-likeness (QED) is 0.905. The van der Waals surface area contributed by atoms with Gasteiger partial charge in [0.15, 0.2) is 0 Å².